The van der Waals surface area contributed by atoms with E-state index in [0.717, 1.165) is 4.13 Å². The van der Waals surface area contributed by atoms with E-state index in [1.54, 1.807) is 0 Å². The molecule has 0 aromatic heterocycles. The Hall–Kier alpha value is 1.63. The Labute approximate surface area is 130 Å². The van der Waals surface area contributed by atoms with Crippen LogP contribution in [0.1, 0.15) is 0 Å². The van der Waals surface area contributed by atoms with E-state index in [2.05, 4.69) is 0 Å². The van der Waals surface area contributed by atoms with Crippen molar-refractivity contribution in [2.45, 2.75) is 5.51 Å². The summed E-state index contributed by atoms with van der Waals surface area (Å²) in [6.07, 6.45) is 0. The van der Waals surface area contributed by atoms with Gasteiger partial charge in [0.1, 0.15) is 0 Å². The Kier molecular flexibility index (Phi) is 6.70. The van der Waals surface area contributed by atoms with Crippen LogP contribution in [0, 0.1) is 0 Å². The fourth-order valence-electron chi connectivity index (χ4n) is 0.159. The monoisotopic (exact) mass is 363 g/mol. The van der Waals surface area contributed by atoms with Crippen molar-refractivity contribution in [1.82, 2.24) is 0 Å². The van der Waals surface area contributed by atoms with Crippen LogP contribution >= 0.6 is 0 Å². The third-order valence-corrected chi connectivity index (χ3v) is 2.56. The van der Waals surface area contributed by atoms with Gasteiger partial charge in [-0.2, -0.15) is 13.2 Å². The van der Waals surface area contributed by atoms with E-state index in [-0.39, 0.29) is 68.9 Å². The number of hydrogen-bond acceptors (Lipinski definition) is 4. The number of rotatable bonds is 2. The number of sulfonamides is 1. The van der Waals surface area contributed by atoms with Crippen LogP contribution in [0.25, 0.3) is 4.13 Å². The summed E-state index contributed by atoms with van der Waals surface area (Å²) >= 11 is 0. The number of alkyl halides is 3. The minimum absolute atomic E-state index is 0. The van der Waals surface area contributed by atoms with Gasteiger partial charge in [0.25, 0.3) is 0 Å². The van der Waals surface area contributed by atoms with Crippen molar-refractivity contribution in [1.29, 1.82) is 0 Å². The molecule has 0 saturated heterocycles. The SMILES string of the molecule is O=S(=O)(F)[N-]S(=O)(=O)C(F)(F)F.[Cs+]. The van der Waals surface area contributed by atoms with E-state index in [1.807, 2.05) is 0 Å². The zero-order valence-corrected chi connectivity index (χ0v) is 13.8. The van der Waals surface area contributed by atoms with Crippen LogP contribution in [0.2, 0.25) is 0 Å². The summed E-state index contributed by atoms with van der Waals surface area (Å²) in [6, 6.07) is 0. The largest absolute Gasteiger partial charge is 1.00 e. The Bertz CT molecular complexity index is 354. The molecule has 0 aromatic rings. The summed E-state index contributed by atoms with van der Waals surface area (Å²) in [6.45, 7) is 0. The summed E-state index contributed by atoms with van der Waals surface area (Å²) in [7, 11) is -12.3. The van der Waals surface area contributed by atoms with E-state index in [1.165, 1.54) is 0 Å². The predicted octanol–water partition coefficient (Wildman–Crippen LogP) is -2.57. The molecule has 0 bridgehead atoms. The van der Waals surface area contributed by atoms with Crippen molar-refractivity contribution in [3.8, 4) is 0 Å². The smallest absolute Gasteiger partial charge is 0.400 e. The molecular weight excluding hydrogens is 363 g/mol. The van der Waals surface area contributed by atoms with Gasteiger partial charge >= 0.3 is 74.4 Å². The molecule has 0 aliphatic rings. The van der Waals surface area contributed by atoms with Gasteiger partial charge in [0, 0.05) is 0 Å². The van der Waals surface area contributed by atoms with Gasteiger partial charge in [-0.25, -0.2) is 16.8 Å². The Morgan fingerprint density at radius 2 is 1.31 bits per heavy atom. The van der Waals surface area contributed by atoms with Gasteiger partial charge in [0.05, 0.1) is 0 Å². The zero-order valence-electron chi connectivity index (χ0n) is 5.91. The van der Waals surface area contributed by atoms with Crippen molar-refractivity contribution < 1.29 is 103 Å². The van der Waals surface area contributed by atoms with E-state index in [0.29, 0.717) is 0 Å². The summed E-state index contributed by atoms with van der Waals surface area (Å²) in [5, 5.41) is 0. The molecule has 5 nitrogen and oxygen atoms in total. The van der Waals surface area contributed by atoms with Gasteiger partial charge in [0.15, 0.2) is 10.0 Å². The first-order chi connectivity index (χ1) is 4.96. The fraction of sp³-hybridized carbons (Fsp3) is 1.00. The number of nitrogens with zero attached hydrogens (tertiary/aromatic N) is 1. The van der Waals surface area contributed by atoms with E-state index in [9.17, 15) is 33.9 Å². The molecular formula is CCsF4NO4S2. The quantitative estimate of drug-likeness (QED) is 0.399. The average Bonchev–Trinajstić information content (AvgIpc) is 1.52. The first-order valence-corrected chi connectivity index (χ1v) is 4.74. The van der Waals surface area contributed by atoms with Gasteiger partial charge in [-0.1, -0.05) is 0 Å². The molecule has 0 saturated carbocycles. The van der Waals surface area contributed by atoms with Gasteiger partial charge in [-0.15, -0.1) is 3.89 Å². The van der Waals surface area contributed by atoms with Crippen molar-refractivity contribution in [3.63, 3.8) is 0 Å². The van der Waals surface area contributed by atoms with Gasteiger partial charge in [0.2, 0.25) is 10.4 Å². The average molecular weight is 363 g/mol. The van der Waals surface area contributed by atoms with Crippen LogP contribution in [0.4, 0.5) is 17.1 Å². The molecule has 13 heavy (non-hydrogen) atoms. The minimum atomic E-state index is -6.29. The van der Waals surface area contributed by atoms with Crippen LogP contribution in [0.3, 0.4) is 0 Å². The maximum Gasteiger partial charge on any atom is 1.00 e. The van der Waals surface area contributed by atoms with Gasteiger partial charge in [-0.3, -0.25) is 0 Å². The van der Waals surface area contributed by atoms with Crippen LogP contribution in [-0.4, -0.2) is 22.3 Å². The molecule has 0 radical (unpaired) electrons. The van der Waals surface area contributed by atoms with Crippen molar-refractivity contribution in [2.75, 3.05) is 0 Å². The molecule has 0 aliphatic carbocycles. The van der Waals surface area contributed by atoms with Crippen molar-refractivity contribution in [3.05, 3.63) is 4.13 Å². The van der Waals surface area contributed by atoms with E-state index < -0.39 is 25.9 Å². The number of hydrogen-bond donors (Lipinski definition) is 0. The molecule has 0 unspecified atom stereocenters. The zero-order chi connectivity index (χ0) is 10.2. The fourth-order valence-corrected chi connectivity index (χ4v) is 1.44. The van der Waals surface area contributed by atoms with Gasteiger partial charge in [-0.05, 0) is 0 Å². The third kappa shape index (κ3) is 6.67. The second kappa shape index (κ2) is 5.11. The van der Waals surface area contributed by atoms with Gasteiger partial charge < -0.3 is 4.13 Å². The minimum Gasteiger partial charge on any atom is -0.400 e. The standard InChI is InChI=1S/CF4NO4S2.Cs/c2-1(3,4)11(7,8)6-12(5,9)10;/q-1;+1. The van der Waals surface area contributed by atoms with E-state index in [4.69, 9.17) is 0 Å². The van der Waals surface area contributed by atoms with Crippen LogP contribution in [0.5, 0.6) is 0 Å². The first-order valence-electron chi connectivity index (χ1n) is 1.96. The summed E-state index contributed by atoms with van der Waals surface area (Å²) in [4.78, 5) is 0. The van der Waals surface area contributed by atoms with Crippen molar-refractivity contribution >= 4 is 20.4 Å². The Morgan fingerprint density at radius 1 is 1.00 bits per heavy atom. The number of halogens is 4. The molecule has 0 spiro atoms. The molecule has 0 atom stereocenters. The Balaban J connectivity index is 0. The van der Waals surface area contributed by atoms with Crippen LogP contribution in [-0.2, 0) is 20.4 Å². The molecule has 74 valence electrons. The third-order valence-electron chi connectivity index (χ3n) is 0.480. The second-order valence-electron chi connectivity index (χ2n) is 1.41. The van der Waals surface area contributed by atoms with Crippen LogP contribution in [0.15, 0.2) is 0 Å². The topological polar surface area (TPSA) is 82.4 Å². The Morgan fingerprint density at radius 3 is 1.38 bits per heavy atom. The second-order valence-corrected chi connectivity index (χ2v) is 4.24. The maximum atomic E-state index is 11.3. The molecule has 0 amide bonds. The van der Waals surface area contributed by atoms with Crippen molar-refractivity contribution in [2.24, 2.45) is 0 Å². The molecule has 0 N–H and O–H groups in total. The summed E-state index contributed by atoms with van der Waals surface area (Å²) in [5.74, 6) is 0. The molecule has 0 fully saturated rings. The normalized spacial score (nSPS) is 13.5. The molecule has 0 rings (SSSR count). The van der Waals surface area contributed by atoms with E-state index >= 15 is 0 Å². The first kappa shape index (κ1) is 17.0. The van der Waals surface area contributed by atoms with Crippen LogP contribution < -0.4 is 68.9 Å². The molecule has 0 aromatic carbocycles. The summed E-state index contributed by atoms with van der Waals surface area (Å²) < 4.78 is 84.3. The molecule has 0 aliphatic heterocycles. The summed E-state index contributed by atoms with van der Waals surface area (Å²) in [5.41, 5.74) is -5.91. The molecule has 0 heterocycles. The maximum absolute atomic E-state index is 11.3. The molecule has 12 heteroatoms. The predicted molar refractivity (Wildman–Crippen MR) is 28.4 cm³/mol.